The molecule has 3 N–H and O–H groups in total. The Morgan fingerprint density at radius 2 is 1.79 bits per heavy atom. The van der Waals surface area contributed by atoms with E-state index in [1.54, 1.807) is 30.3 Å². The number of benzene rings is 2. The maximum Gasteiger partial charge on any atom is 0.265 e. The van der Waals surface area contributed by atoms with Gasteiger partial charge in [-0.1, -0.05) is 30.3 Å². The second-order valence-corrected chi connectivity index (χ2v) is 7.13. The fraction of sp³-hybridized carbons (Fsp3) is 0.0952. The molecular weight excluding hydrogens is 372 g/mol. The number of thiophene rings is 1. The number of hydrogen-bond acceptors (Lipinski definition) is 4. The monoisotopic (exact) mass is 390 g/mol. The SMILES string of the molecule is O=C(Nc1ccccc1C(=O)NCCc1nc2ccccc2[nH]1)c1cccs1. The van der Waals surface area contributed by atoms with Crippen molar-refractivity contribution in [3.8, 4) is 0 Å². The quantitative estimate of drug-likeness (QED) is 0.467. The summed E-state index contributed by atoms with van der Waals surface area (Å²) >= 11 is 1.35. The van der Waals surface area contributed by atoms with Crippen LogP contribution in [0.25, 0.3) is 11.0 Å². The molecule has 2 aromatic heterocycles. The van der Waals surface area contributed by atoms with Gasteiger partial charge in [-0.25, -0.2) is 4.98 Å². The fourth-order valence-corrected chi connectivity index (χ4v) is 3.51. The van der Waals surface area contributed by atoms with Gasteiger partial charge < -0.3 is 15.6 Å². The molecule has 2 aromatic carbocycles. The topological polar surface area (TPSA) is 86.9 Å². The van der Waals surface area contributed by atoms with E-state index in [0.717, 1.165) is 16.9 Å². The van der Waals surface area contributed by atoms with Crippen LogP contribution in [0.3, 0.4) is 0 Å². The average Bonchev–Trinajstić information content (AvgIpc) is 3.38. The lowest BCUT2D eigenvalue weighted by molar-refractivity contribution is 0.0955. The summed E-state index contributed by atoms with van der Waals surface area (Å²) in [5, 5.41) is 7.54. The minimum absolute atomic E-state index is 0.225. The molecule has 0 bridgehead atoms. The molecule has 2 amide bonds. The number of para-hydroxylation sites is 3. The number of nitrogens with zero attached hydrogens (tertiary/aromatic N) is 1. The Hall–Kier alpha value is -3.45. The lowest BCUT2D eigenvalue weighted by Gasteiger charge is -2.10. The van der Waals surface area contributed by atoms with E-state index in [4.69, 9.17) is 0 Å². The van der Waals surface area contributed by atoms with E-state index >= 15 is 0 Å². The highest BCUT2D eigenvalue weighted by Gasteiger charge is 2.14. The molecule has 0 aliphatic heterocycles. The summed E-state index contributed by atoms with van der Waals surface area (Å²) < 4.78 is 0. The first kappa shape index (κ1) is 17.9. The van der Waals surface area contributed by atoms with Crippen molar-refractivity contribution < 1.29 is 9.59 Å². The van der Waals surface area contributed by atoms with Crippen molar-refractivity contribution in [2.75, 3.05) is 11.9 Å². The van der Waals surface area contributed by atoms with Gasteiger partial charge in [0.2, 0.25) is 0 Å². The molecule has 0 fully saturated rings. The van der Waals surface area contributed by atoms with Crippen LogP contribution >= 0.6 is 11.3 Å². The van der Waals surface area contributed by atoms with Gasteiger partial charge in [-0.2, -0.15) is 0 Å². The lowest BCUT2D eigenvalue weighted by Crippen LogP contribution is -2.27. The molecule has 0 aliphatic carbocycles. The predicted molar refractivity (Wildman–Crippen MR) is 111 cm³/mol. The van der Waals surface area contributed by atoms with Crippen molar-refractivity contribution in [1.29, 1.82) is 0 Å². The second-order valence-electron chi connectivity index (χ2n) is 6.18. The van der Waals surface area contributed by atoms with Crippen LogP contribution in [0, 0.1) is 0 Å². The summed E-state index contributed by atoms with van der Waals surface area (Å²) in [5.74, 6) is 0.358. The van der Waals surface area contributed by atoms with Gasteiger partial charge in [-0.15, -0.1) is 11.3 Å². The Morgan fingerprint density at radius 3 is 2.61 bits per heavy atom. The third-order valence-corrected chi connectivity index (χ3v) is 5.12. The van der Waals surface area contributed by atoms with Crippen LogP contribution in [0.5, 0.6) is 0 Å². The van der Waals surface area contributed by atoms with E-state index in [1.807, 2.05) is 35.7 Å². The number of aromatic nitrogens is 2. The maximum atomic E-state index is 12.6. The number of H-pyrrole nitrogens is 1. The van der Waals surface area contributed by atoms with Crippen molar-refractivity contribution in [2.45, 2.75) is 6.42 Å². The molecule has 0 unspecified atom stereocenters. The molecule has 0 saturated carbocycles. The summed E-state index contributed by atoms with van der Waals surface area (Å²) in [4.78, 5) is 33.2. The van der Waals surface area contributed by atoms with Gasteiger partial charge in [0.1, 0.15) is 5.82 Å². The van der Waals surface area contributed by atoms with E-state index in [0.29, 0.717) is 29.1 Å². The number of aromatic amines is 1. The van der Waals surface area contributed by atoms with Crippen LogP contribution < -0.4 is 10.6 Å². The Kier molecular flexibility index (Phi) is 5.16. The standard InChI is InChI=1S/C21H18N4O2S/c26-20(22-12-11-19-23-16-8-3-4-9-17(16)24-19)14-6-1-2-7-15(14)25-21(27)18-10-5-13-28-18/h1-10,13H,11-12H2,(H,22,26)(H,23,24)(H,25,27). The number of imidazole rings is 1. The van der Waals surface area contributed by atoms with Gasteiger partial charge in [0.05, 0.1) is 27.2 Å². The highest BCUT2D eigenvalue weighted by Crippen LogP contribution is 2.18. The minimum Gasteiger partial charge on any atom is -0.352 e. The van der Waals surface area contributed by atoms with Gasteiger partial charge in [0.25, 0.3) is 11.8 Å². The lowest BCUT2D eigenvalue weighted by atomic mass is 10.1. The number of amides is 2. The molecule has 140 valence electrons. The molecule has 0 atom stereocenters. The zero-order chi connectivity index (χ0) is 19.3. The summed E-state index contributed by atoms with van der Waals surface area (Å²) in [6, 6.07) is 18.3. The summed E-state index contributed by atoms with van der Waals surface area (Å²) in [5.41, 5.74) is 2.80. The Bertz CT molecular complexity index is 1090. The van der Waals surface area contributed by atoms with E-state index < -0.39 is 0 Å². The van der Waals surface area contributed by atoms with Crippen LogP contribution in [-0.2, 0) is 6.42 Å². The normalized spacial score (nSPS) is 10.7. The molecule has 0 saturated heterocycles. The molecular formula is C21H18N4O2S. The van der Waals surface area contributed by atoms with Crippen LogP contribution in [-0.4, -0.2) is 28.3 Å². The van der Waals surface area contributed by atoms with Crippen LogP contribution in [0.4, 0.5) is 5.69 Å². The van der Waals surface area contributed by atoms with Gasteiger partial charge in [0.15, 0.2) is 0 Å². The van der Waals surface area contributed by atoms with Crippen molar-refractivity contribution in [2.24, 2.45) is 0 Å². The highest BCUT2D eigenvalue weighted by atomic mass is 32.1. The molecule has 7 heteroatoms. The number of fused-ring (bicyclic) bond motifs is 1. The Labute approximate surface area is 165 Å². The van der Waals surface area contributed by atoms with Gasteiger partial charge >= 0.3 is 0 Å². The number of hydrogen-bond donors (Lipinski definition) is 3. The molecule has 4 rings (SSSR count). The number of rotatable bonds is 6. The molecule has 0 radical (unpaired) electrons. The minimum atomic E-state index is -0.238. The van der Waals surface area contributed by atoms with Crippen LogP contribution in [0.15, 0.2) is 66.0 Å². The Morgan fingerprint density at radius 1 is 0.964 bits per heavy atom. The van der Waals surface area contributed by atoms with Gasteiger partial charge in [-0.3, -0.25) is 9.59 Å². The van der Waals surface area contributed by atoms with Crippen LogP contribution in [0.2, 0.25) is 0 Å². The first-order valence-corrected chi connectivity index (χ1v) is 9.74. The van der Waals surface area contributed by atoms with E-state index in [-0.39, 0.29) is 11.8 Å². The van der Waals surface area contributed by atoms with E-state index in [2.05, 4.69) is 20.6 Å². The van der Waals surface area contributed by atoms with Crippen molar-refractivity contribution >= 4 is 39.9 Å². The van der Waals surface area contributed by atoms with Crippen molar-refractivity contribution in [1.82, 2.24) is 15.3 Å². The third-order valence-electron chi connectivity index (χ3n) is 4.25. The molecule has 4 aromatic rings. The molecule has 0 spiro atoms. The first-order valence-electron chi connectivity index (χ1n) is 8.86. The Balaban J connectivity index is 1.39. The zero-order valence-corrected chi connectivity index (χ0v) is 15.8. The number of nitrogens with one attached hydrogen (secondary N) is 3. The predicted octanol–water partition coefficient (Wildman–Crippen LogP) is 3.85. The second kappa shape index (κ2) is 8.06. The number of anilines is 1. The zero-order valence-electron chi connectivity index (χ0n) is 14.9. The summed E-state index contributed by atoms with van der Waals surface area (Å²) in [6.07, 6.45) is 0.587. The molecule has 28 heavy (non-hydrogen) atoms. The fourth-order valence-electron chi connectivity index (χ4n) is 2.90. The smallest absolute Gasteiger partial charge is 0.265 e. The molecule has 6 nitrogen and oxygen atoms in total. The van der Waals surface area contributed by atoms with E-state index in [9.17, 15) is 9.59 Å². The average molecular weight is 390 g/mol. The third kappa shape index (κ3) is 3.94. The molecule has 2 heterocycles. The number of carbonyl (C=O) groups excluding carboxylic acids is 2. The summed E-state index contributed by atoms with van der Waals surface area (Å²) in [6.45, 7) is 0.436. The van der Waals surface area contributed by atoms with E-state index in [1.165, 1.54) is 11.3 Å². The molecule has 0 aliphatic rings. The first-order chi connectivity index (χ1) is 13.7. The highest BCUT2D eigenvalue weighted by molar-refractivity contribution is 7.12. The van der Waals surface area contributed by atoms with Crippen LogP contribution in [0.1, 0.15) is 25.9 Å². The van der Waals surface area contributed by atoms with Crippen molar-refractivity contribution in [3.63, 3.8) is 0 Å². The number of carbonyl (C=O) groups is 2. The van der Waals surface area contributed by atoms with Gasteiger partial charge in [0, 0.05) is 13.0 Å². The van der Waals surface area contributed by atoms with Crippen molar-refractivity contribution in [3.05, 3.63) is 82.3 Å². The maximum absolute atomic E-state index is 12.6. The summed E-state index contributed by atoms with van der Waals surface area (Å²) in [7, 11) is 0. The van der Waals surface area contributed by atoms with Gasteiger partial charge in [-0.05, 0) is 35.7 Å². The largest absolute Gasteiger partial charge is 0.352 e.